The third-order valence-electron chi connectivity index (χ3n) is 12.5. The van der Waals surface area contributed by atoms with Crippen LogP contribution in [0.4, 0.5) is 17.1 Å². The maximum atomic E-state index is 2.42. The van der Waals surface area contributed by atoms with Crippen molar-refractivity contribution in [2.75, 3.05) is 4.90 Å². The molecule has 0 unspecified atom stereocenters. The van der Waals surface area contributed by atoms with E-state index in [9.17, 15) is 0 Å². The summed E-state index contributed by atoms with van der Waals surface area (Å²) in [6, 6.07) is 88.5. The summed E-state index contributed by atoms with van der Waals surface area (Å²) >= 11 is 0. The summed E-state index contributed by atoms with van der Waals surface area (Å²) in [4.78, 5) is 2.42. The fraction of sp³-hybridized carbons (Fsp3) is 0. The number of benzene rings is 11. The molecule has 290 valence electrons. The van der Waals surface area contributed by atoms with Crippen LogP contribution in [0.1, 0.15) is 0 Å². The van der Waals surface area contributed by atoms with E-state index < -0.39 is 0 Å². The van der Waals surface area contributed by atoms with Gasteiger partial charge in [-0.2, -0.15) is 0 Å². The molecule has 62 heavy (non-hydrogen) atoms. The van der Waals surface area contributed by atoms with Crippen molar-refractivity contribution in [3.05, 3.63) is 243 Å². The number of nitrogens with zero attached hydrogens (tertiary/aromatic N) is 2. The quantitative estimate of drug-likeness (QED) is 0.146. The number of aromatic nitrogens is 1. The van der Waals surface area contributed by atoms with Crippen LogP contribution in [0, 0.1) is 0 Å². The van der Waals surface area contributed by atoms with Gasteiger partial charge in [-0.05, 0) is 115 Å². The van der Waals surface area contributed by atoms with Crippen LogP contribution in [0.5, 0.6) is 0 Å². The van der Waals surface area contributed by atoms with Gasteiger partial charge in [-0.25, -0.2) is 0 Å². The van der Waals surface area contributed by atoms with E-state index in [2.05, 4.69) is 252 Å². The van der Waals surface area contributed by atoms with Gasteiger partial charge in [0.1, 0.15) is 0 Å². The topological polar surface area (TPSA) is 8.17 Å². The number of rotatable bonds is 7. The normalized spacial score (nSPS) is 11.5. The summed E-state index contributed by atoms with van der Waals surface area (Å²) in [5.74, 6) is 0. The van der Waals surface area contributed by atoms with Crippen molar-refractivity contribution in [2.24, 2.45) is 0 Å². The molecular formula is C60H40N2. The summed E-state index contributed by atoms with van der Waals surface area (Å²) in [6.07, 6.45) is 0. The lowest BCUT2D eigenvalue weighted by Gasteiger charge is -2.27. The number of para-hydroxylation sites is 3. The zero-order valence-electron chi connectivity index (χ0n) is 34.0. The standard InChI is InChI=1S/C60H40N2/c1-4-18-43(19-5-1)58-54-27-13-12-25-51(54)52-38-37-49(40-56(52)59(58)44-20-6-2-7-21-44)61(48-36-31-41-17-10-11-22-45(41)39-48)47-34-32-42(33-35-47)50-28-16-29-55-53-26-14-15-30-57(53)62(60(50)55)46-23-8-3-9-24-46/h1-40H. The van der Waals surface area contributed by atoms with Crippen molar-refractivity contribution < 1.29 is 0 Å². The minimum Gasteiger partial charge on any atom is -0.310 e. The first-order chi connectivity index (χ1) is 30.8. The van der Waals surface area contributed by atoms with Crippen LogP contribution in [-0.4, -0.2) is 4.57 Å². The molecule has 2 heteroatoms. The molecule has 1 aromatic heterocycles. The number of hydrogen-bond acceptors (Lipinski definition) is 1. The van der Waals surface area contributed by atoms with E-state index in [0.29, 0.717) is 0 Å². The molecule has 0 radical (unpaired) electrons. The van der Waals surface area contributed by atoms with E-state index in [0.717, 1.165) is 22.7 Å². The summed E-state index contributed by atoms with van der Waals surface area (Å²) in [5, 5.41) is 9.87. The predicted octanol–water partition coefficient (Wildman–Crippen LogP) is 16.7. The maximum Gasteiger partial charge on any atom is 0.0619 e. The zero-order chi connectivity index (χ0) is 41.0. The van der Waals surface area contributed by atoms with Crippen molar-refractivity contribution >= 4 is 71.2 Å². The molecule has 2 nitrogen and oxygen atoms in total. The fourth-order valence-electron chi connectivity index (χ4n) is 9.78. The third-order valence-corrected chi connectivity index (χ3v) is 12.5. The van der Waals surface area contributed by atoms with Gasteiger partial charge >= 0.3 is 0 Å². The molecule has 12 rings (SSSR count). The first kappa shape index (κ1) is 35.7. The molecule has 1 heterocycles. The van der Waals surface area contributed by atoms with Gasteiger partial charge in [0, 0.05) is 39.1 Å². The first-order valence-electron chi connectivity index (χ1n) is 21.3. The molecule has 0 atom stereocenters. The van der Waals surface area contributed by atoms with Gasteiger partial charge in [-0.1, -0.05) is 188 Å². The number of hydrogen-bond donors (Lipinski definition) is 0. The Morgan fingerprint density at radius 2 is 0.823 bits per heavy atom. The van der Waals surface area contributed by atoms with Crippen molar-refractivity contribution in [1.29, 1.82) is 0 Å². The van der Waals surface area contributed by atoms with Gasteiger partial charge < -0.3 is 9.47 Å². The average Bonchev–Trinajstić information content (AvgIpc) is 3.69. The van der Waals surface area contributed by atoms with Crippen LogP contribution in [0.3, 0.4) is 0 Å². The summed E-state index contributed by atoms with van der Waals surface area (Å²) in [7, 11) is 0. The molecule has 0 saturated heterocycles. The maximum absolute atomic E-state index is 2.42. The summed E-state index contributed by atoms with van der Waals surface area (Å²) in [6.45, 7) is 0. The Balaban J connectivity index is 1.09. The van der Waals surface area contributed by atoms with Crippen LogP contribution in [0.2, 0.25) is 0 Å². The molecule has 12 aromatic rings. The molecule has 0 aliphatic carbocycles. The van der Waals surface area contributed by atoms with Gasteiger partial charge in [-0.15, -0.1) is 0 Å². The molecule has 0 bridgehead atoms. The molecule has 0 amide bonds. The molecule has 0 N–H and O–H groups in total. The second-order valence-corrected chi connectivity index (χ2v) is 16.1. The Morgan fingerprint density at radius 3 is 1.56 bits per heavy atom. The van der Waals surface area contributed by atoms with E-state index in [1.54, 1.807) is 0 Å². The van der Waals surface area contributed by atoms with Crippen LogP contribution >= 0.6 is 0 Å². The highest BCUT2D eigenvalue weighted by Gasteiger charge is 2.21. The van der Waals surface area contributed by atoms with Gasteiger partial charge in [-0.3, -0.25) is 0 Å². The van der Waals surface area contributed by atoms with E-state index in [-0.39, 0.29) is 0 Å². The Kier molecular flexibility index (Phi) is 8.53. The summed E-state index contributed by atoms with van der Waals surface area (Å²) < 4.78 is 2.42. The van der Waals surface area contributed by atoms with Crippen molar-refractivity contribution in [3.63, 3.8) is 0 Å². The lowest BCUT2D eigenvalue weighted by atomic mass is 9.85. The largest absolute Gasteiger partial charge is 0.310 e. The van der Waals surface area contributed by atoms with E-state index in [1.807, 2.05) is 0 Å². The number of fused-ring (bicyclic) bond motifs is 7. The van der Waals surface area contributed by atoms with Crippen molar-refractivity contribution in [2.45, 2.75) is 0 Å². The summed E-state index contributed by atoms with van der Waals surface area (Å²) in [5.41, 5.74) is 14.1. The fourth-order valence-corrected chi connectivity index (χ4v) is 9.78. The molecule has 0 spiro atoms. The van der Waals surface area contributed by atoms with E-state index >= 15 is 0 Å². The second kappa shape index (κ2) is 14.8. The molecule has 0 aliphatic heterocycles. The van der Waals surface area contributed by atoms with Crippen LogP contribution in [0.25, 0.3) is 93.2 Å². The van der Waals surface area contributed by atoms with Crippen LogP contribution in [0.15, 0.2) is 243 Å². The molecule has 0 aliphatic rings. The Hall–Kier alpha value is -8.20. The molecule has 11 aromatic carbocycles. The van der Waals surface area contributed by atoms with Gasteiger partial charge in [0.25, 0.3) is 0 Å². The Bertz CT molecular complexity index is 3610. The van der Waals surface area contributed by atoms with Gasteiger partial charge in [0.05, 0.1) is 11.0 Å². The van der Waals surface area contributed by atoms with Crippen molar-refractivity contribution in [3.8, 4) is 39.1 Å². The van der Waals surface area contributed by atoms with Crippen LogP contribution in [-0.2, 0) is 0 Å². The zero-order valence-corrected chi connectivity index (χ0v) is 34.0. The smallest absolute Gasteiger partial charge is 0.0619 e. The Morgan fingerprint density at radius 1 is 0.290 bits per heavy atom. The van der Waals surface area contributed by atoms with E-state index in [4.69, 9.17) is 0 Å². The number of anilines is 3. The Labute approximate surface area is 360 Å². The highest BCUT2D eigenvalue weighted by atomic mass is 15.1. The van der Waals surface area contributed by atoms with Crippen molar-refractivity contribution in [1.82, 2.24) is 4.57 Å². The lowest BCUT2D eigenvalue weighted by molar-refractivity contribution is 1.18. The highest BCUT2D eigenvalue weighted by Crippen LogP contribution is 2.47. The minimum absolute atomic E-state index is 1.09. The predicted molar refractivity (Wildman–Crippen MR) is 264 cm³/mol. The molecular weight excluding hydrogens is 749 g/mol. The van der Waals surface area contributed by atoms with Crippen LogP contribution < -0.4 is 4.90 Å². The molecule has 0 saturated carbocycles. The molecule has 0 fully saturated rings. The van der Waals surface area contributed by atoms with Gasteiger partial charge in [0.15, 0.2) is 0 Å². The second-order valence-electron chi connectivity index (χ2n) is 16.1. The average molecular weight is 789 g/mol. The monoisotopic (exact) mass is 788 g/mol. The SMILES string of the molecule is c1ccc(-c2c(-c3ccccc3)c3cc(N(c4ccc(-c5cccc6c7ccccc7n(-c7ccccc7)c56)cc4)c4ccc5ccccc5c4)ccc3c3ccccc23)cc1. The first-order valence-corrected chi connectivity index (χ1v) is 21.3. The van der Waals surface area contributed by atoms with E-state index in [1.165, 1.54) is 87.5 Å². The van der Waals surface area contributed by atoms with Gasteiger partial charge in [0.2, 0.25) is 0 Å². The minimum atomic E-state index is 1.09. The highest BCUT2D eigenvalue weighted by molar-refractivity contribution is 6.22. The lowest BCUT2D eigenvalue weighted by Crippen LogP contribution is -2.10. The third kappa shape index (κ3) is 5.88.